The van der Waals surface area contributed by atoms with E-state index in [0.29, 0.717) is 11.3 Å². The highest BCUT2D eigenvalue weighted by molar-refractivity contribution is 6.46. The molecule has 4 rings (SSSR count). The number of halogens is 1. The van der Waals surface area contributed by atoms with Crippen molar-refractivity contribution in [3.63, 3.8) is 0 Å². The lowest BCUT2D eigenvalue weighted by atomic mass is 9.95. The van der Waals surface area contributed by atoms with Crippen LogP contribution in [-0.4, -0.2) is 42.9 Å². The van der Waals surface area contributed by atoms with Gasteiger partial charge in [-0.15, -0.1) is 0 Å². The van der Waals surface area contributed by atoms with E-state index < -0.39 is 29.3 Å². The Balaban J connectivity index is 1.85. The summed E-state index contributed by atoms with van der Waals surface area (Å²) in [4.78, 5) is 29.3. The number of hydrogen-bond donors (Lipinski definition) is 1. The van der Waals surface area contributed by atoms with E-state index in [1.807, 2.05) is 31.1 Å². The van der Waals surface area contributed by atoms with Crippen molar-refractivity contribution in [2.45, 2.75) is 12.6 Å². The van der Waals surface area contributed by atoms with Gasteiger partial charge in [-0.3, -0.25) is 9.59 Å². The van der Waals surface area contributed by atoms with Gasteiger partial charge in [0.1, 0.15) is 11.5 Å². The normalized spacial score (nSPS) is 17.5. The van der Waals surface area contributed by atoms with Crippen LogP contribution in [0.2, 0.25) is 0 Å². The van der Waals surface area contributed by atoms with Gasteiger partial charge in [0, 0.05) is 25.3 Å². The van der Waals surface area contributed by atoms with E-state index in [9.17, 15) is 19.1 Å². The van der Waals surface area contributed by atoms with Crippen molar-refractivity contribution in [1.82, 2.24) is 4.90 Å². The molecule has 1 aliphatic rings. The SMILES string of the molecule is COc1ccc(C(O)=C2C(=O)C(=O)N(Cc3ccco3)[C@H]2c2ccc(N(C)C)cc2)cc1F. The molecule has 1 atom stereocenters. The lowest BCUT2D eigenvalue weighted by molar-refractivity contribution is -0.140. The number of benzene rings is 2. The Bertz CT molecular complexity index is 1220. The summed E-state index contributed by atoms with van der Waals surface area (Å²) in [6, 6.07) is 13.7. The molecule has 170 valence electrons. The first kappa shape index (κ1) is 22.1. The molecule has 0 spiro atoms. The fourth-order valence-corrected chi connectivity index (χ4v) is 3.88. The van der Waals surface area contributed by atoms with E-state index in [1.165, 1.54) is 30.4 Å². The van der Waals surface area contributed by atoms with Gasteiger partial charge in [-0.25, -0.2) is 4.39 Å². The van der Waals surface area contributed by atoms with E-state index in [-0.39, 0.29) is 23.4 Å². The minimum absolute atomic E-state index is 0.000597. The summed E-state index contributed by atoms with van der Waals surface area (Å²) < 4.78 is 24.6. The largest absolute Gasteiger partial charge is 0.507 e. The fourth-order valence-electron chi connectivity index (χ4n) is 3.88. The molecule has 1 N–H and O–H groups in total. The molecule has 3 aromatic rings. The fraction of sp³-hybridized carbons (Fsp3) is 0.200. The van der Waals surface area contributed by atoms with E-state index >= 15 is 0 Å². The first-order valence-corrected chi connectivity index (χ1v) is 10.2. The van der Waals surface area contributed by atoms with Crippen molar-refractivity contribution in [2.24, 2.45) is 0 Å². The summed E-state index contributed by atoms with van der Waals surface area (Å²) in [5.41, 5.74) is 1.51. The number of carbonyl (C=O) groups excluding carboxylic acids is 2. The number of furan rings is 1. The van der Waals surface area contributed by atoms with Crippen molar-refractivity contribution in [3.05, 3.63) is 89.1 Å². The van der Waals surface area contributed by atoms with Crippen LogP contribution in [-0.2, 0) is 16.1 Å². The summed E-state index contributed by atoms with van der Waals surface area (Å²) in [6.07, 6.45) is 1.48. The average molecular weight is 450 g/mol. The molecule has 0 unspecified atom stereocenters. The number of aliphatic hydroxyl groups excluding tert-OH is 1. The predicted molar refractivity (Wildman–Crippen MR) is 120 cm³/mol. The summed E-state index contributed by atoms with van der Waals surface area (Å²) >= 11 is 0. The third-order valence-electron chi connectivity index (χ3n) is 5.60. The Hall–Kier alpha value is -4.07. The highest BCUT2D eigenvalue weighted by Gasteiger charge is 2.46. The third kappa shape index (κ3) is 4.07. The van der Waals surface area contributed by atoms with E-state index in [2.05, 4.69) is 0 Å². The van der Waals surface area contributed by atoms with Crippen LogP contribution in [0.3, 0.4) is 0 Å². The van der Waals surface area contributed by atoms with Crippen molar-refractivity contribution in [1.29, 1.82) is 0 Å². The van der Waals surface area contributed by atoms with Crippen LogP contribution >= 0.6 is 0 Å². The van der Waals surface area contributed by atoms with Crippen LogP contribution in [0.5, 0.6) is 5.75 Å². The number of rotatable bonds is 6. The van der Waals surface area contributed by atoms with Gasteiger partial charge < -0.3 is 24.1 Å². The number of nitrogens with zero attached hydrogens (tertiary/aromatic N) is 2. The van der Waals surface area contributed by atoms with Gasteiger partial charge in [0.05, 0.1) is 31.5 Å². The number of aliphatic hydroxyl groups is 1. The maximum atomic E-state index is 14.3. The first-order valence-electron chi connectivity index (χ1n) is 10.2. The molecule has 1 fully saturated rings. The minimum Gasteiger partial charge on any atom is -0.507 e. The second-order valence-electron chi connectivity index (χ2n) is 7.84. The number of ketones is 1. The molecule has 2 aromatic carbocycles. The van der Waals surface area contributed by atoms with Gasteiger partial charge in [0.15, 0.2) is 11.6 Å². The first-order chi connectivity index (χ1) is 15.8. The standard InChI is InChI=1S/C25H23FN2O5/c1-27(2)17-9-6-15(7-10-17)22-21(23(29)16-8-11-20(32-3)19(26)13-16)24(30)25(31)28(22)14-18-5-4-12-33-18/h4-13,22,29H,14H2,1-3H3/t22-/m0/s1. The van der Waals surface area contributed by atoms with Gasteiger partial charge in [-0.1, -0.05) is 12.1 Å². The molecule has 2 heterocycles. The molecule has 1 saturated heterocycles. The molecule has 0 saturated carbocycles. The number of Topliss-reactive ketones (excluding diaryl/α,β-unsaturated/α-hetero) is 1. The molecular weight excluding hydrogens is 427 g/mol. The topological polar surface area (TPSA) is 83.2 Å². The van der Waals surface area contributed by atoms with Gasteiger partial charge >= 0.3 is 0 Å². The molecule has 1 aliphatic heterocycles. The van der Waals surface area contributed by atoms with Crippen LogP contribution in [0.4, 0.5) is 10.1 Å². The third-order valence-corrected chi connectivity index (χ3v) is 5.60. The van der Waals surface area contributed by atoms with Crippen LogP contribution in [0.1, 0.15) is 22.9 Å². The molecular formula is C25H23FN2O5. The van der Waals surface area contributed by atoms with Gasteiger partial charge in [0.25, 0.3) is 11.7 Å². The highest BCUT2D eigenvalue weighted by Crippen LogP contribution is 2.41. The van der Waals surface area contributed by atoms with Crippen molar-refractivity contribution in [3.8, 4) is 5.75 Å². The molecule has 1 aromatic heterocycles. The quantitative estimate of drug-likeness (QED) is 0.346. The number of methoxy groups -OCH3 is 1. The Morgan fingerprint density at radius 2 is 1.88 bits per heavy atom. The molecule has 0 bridgehead atoms. The second kappa shape index (κ2) is 8.82. The zero-order chi connectivity index (χ0) is 23.7. The van der Waals surface area contributed by atoms with Crippen molar-refractivity contribution in [2.75, 3.05) is 26.1 Å². The summed E-state index contributed by atoms with van der Waals surface area (Å²) in [7, 11) is 5.13. The molecule has 1 amide bonds. The highest BCUT2D eigenvalue weighted by atomic mass is 19.1. The summed E-state index contributed by atoms with van der Waals surface area (Å²) in [5.74, 6) is -2.29. The van der Waals surface area contributed by atoms with Crippen molar-refractivity contribution < 1.29 is 28.2 Å². The molecule has 33 heavy (non-hydrogen) atoms. The molecule has 7 nitrogen and oxygen atoms in total. The average Bonchev–Trinajstić information content (AvgIpc) is 3.41. The van der Waals surface area contributed by atoms with Crippen LogP contribution in [0.25, 0.3) is 5.76 Å². The van der Waals surface area contributed by atoms with Crippen LogP contribution < -0.4 is 9.64 Å². The zero-order valence-electron chi connectivity index (χ0n) is 18.4. The maximum absolute atomic E-state index is 14.3. The Morgan fingerprint density at radius 3 is 2.45 bits per heavy atom. The number of anilines is 1. The van der Waals surface area contributed by atoms with Crippen LogP contribution in [0.15, 0.2) is 70.9 Å². The minimum atomic E-state index is -0.878. The number of hydrogen-bond acceptors (Lipinski definition) is 6. The number of likely N-dealkylation sites (tertiary alicyclic amines) is 1. The van der Waals surface area contributed by atoms with E-state index in [0.717, 1.165) is 11.8 Å². The number of carbonyl (C=O) groups is 2. The van der Waals surface area contributed by atoms with E-state index in [1.54, 1.807) is 24.3 Å². The Morgan fingerprint density at radius 1 is 1.15 bits per heavy atom. The van der Waals surface area contributed by atoms with Crippen molar-refractivity contribution >= 4 is 23.1 Å². The Kier molecular flexibility index (Phi) is 5.91. The molecule has 0 aliphatic carbocycles. The monoisotopic (exact) mass is 450 g/mol. The predicted octanol–water partition coefficient (Wildman–Crippen LogP) is 4.12. The van der Waals surface area contributed by atoms with E-state index in [4.69, 9.17) is 9.15 Å². The number of amides is 1. The van der Waals surface area contributed by atoms with Gasteiger partial charge in [-0.05, 0) is 48.0 Å². The smallest absolute Gasteiger partial charge is 0.296 e. The van der Waals surface area contributed by atoms with Gasteiger partial charge in [-0.2, -0.15) is 0 Å². The summed E-state index contributed by atoms with van der Waals surface area (Å²) in [6.45, 7) is 0.0332. The van der Waals surface area contributed by atoms with Crippen LogP contribution in [0, 0.1) is 5.82 Å². The zero-order valence-corrected chi connectivity index (χ0v) is 18.4. The number of ether oxygens (including phenoxy) is 1. The lowest BCUT2D eigenvalue weighted by Gasteiger charge is -2.25. The lowest BCUT2D eigenvalue weighted by Crippen LogP contribution is -2.29. The molecule has 8 heteroatoms. The Labute approximate surface area is 190 Å². The second-order valence-corrected chi connectivity index (χ2v) is 7.84. The van der Waals surface area contributed by atoms with Gasteiger partial charge in [0.2, 0.25) is 0 Å². The summed E-state index contributed by atoms with van der Waals surface area (Å²) in [5, 5.41) is 11.1. The maximum Gasteiger partial charge on any atom is 0.296 e. The molecule has 0 radical (unpaired) electrons.